The van der Waals surface area contributed by atoms with Crippen LogP contribution >= 0.6 is 0 Å². The van der Waals surface area contributed by atoms with Gasteiger partial charge in [-0.25, -0.2) is 0 Å². The first-order chi connectivity index (χ1) is 7.66. The van der Waals surface area contributed by atoms with E-state index in [4.69, 9.17) is 26.6 Å². The van der Waals surface area contributed by atoms with E-state index < -0.39 is 18.3 Å². The van der Waals surface area contributed by atoms with Gasteiger partial charge in [0.2, 0.25) is 0 Å². The van der Waals surface area contributed by atoms with Crippen molar-refractivity contribution in [1.29, 1.82) is 0 Å². The van der Waals surface area contributed by atoms with Gasteiger partial charge in [0.1, 0.15) is 0 Å². The lowest BCUT2D eigenvalue weighted by Crippen LogP contribution is -2.49. The highest BCUT2D eigenvalue weighted by atomic mass is 28.4. The zero-order valence-corrected chi connectivity index (χ0v) is 12.3. The fourth-order valence-electron chi connectivity index (χ4n) is 0.957. The van der Waals surface area contributed by atoms with Crippen molar-refractivity contribution < 1.29 is 26.6 Å². The van der Waals surface area contributed by atoms with Gasteiger partial charge in [0.25, 0.3) is 0 Å². The van der Waals surface area contributed by atoms with E-state index in [1.165, 1.54) is 0 Å². The Hall–Kier alpha value is -0.126. The van der Waals surface area contributed by atoms with Gasteiger partial charge in [-0.2, -0.15) is 0 Å². The molecule has 0 rings (SSSR count). The van der Waals surface area contributed by atoms with E-state index in [1.54, 1.807) is 0 Å². The van der Waals surface area contributed by atoms with E-state index >= 15 is 0 Å². The largest absolute Gasteiger partial charge is 0.679 e. The van der Waals surface area contributed by atoms with Crippen LogP contribution < -0.4 is 0 Å². The van der Waals surface area contributed by atoms with Gasteiger partial charge in [0.05, 0.1) is 0 Å². The van der Waals surface area contributed by atoms with Crippen molar-refractivity contribution in [3.63, 3.8) is 0 Å². The molecule has 0 amide bonds. The summed E-state index contributed by atoms with van der Waals surface area (Å²) in [7, 11) is -4.21. The molecule has 0 aromatic heterocycles. The fraction of sp³-hybridized carbons (Fsp3) is 1.00. The van der Waals surface area contributed by atoms with Crippen LogP contribution in [0.4, 0.5) is 0 Å². The summed E-state index contributed by atoms with van der Waals surface area (Å²) < 4.78 is 38.5. The molecular formula is C8H20O6Si2. The molecule has 0 bridgehead atoms. The Morgan fingerprint density at radius 2 is 0.938 bits per heavy atom. The van der Waals surface area contributed by atoms with E-state index in [0.717, 1.165) is 0 Å². The van der Waals surface area contributed by atoms with Crippen molar-refractivity contribution >= 4 is 18.3 Å². The van der Waals surface area contributed by atoms with Crippen LogP contribution in [0, 0.1) is 0 Å². The van der Waals surface area contributed by atoms with E-state index in [0.29, 0.717) is 26.4 Å². The summed E-state index contributed by atoms with van der Waals surface area (Å²) in [5.74, 6) is 0. The summed E-state index contributed by atoms with van der Waals surface area (Å²) in [6.45, 7) is 9.80. The second-order valence-electron chi connectivity index (χ2n) is 2.32. The highest BCUT2D eigenvalue weighted by Gasteiger charge is 2.44. The maximum atomic E-state index is 8.40. The third-order valence-electron chi connectivity index (χ3n) is 1.28. The molecule has 0 aromatic rings. The third-order valence-corrected chi connectivity index (χ3v) is 3.85. The molecule has 0 saturated heterocycles. The van der Waals surface area contributed by atoms with Crippen LogP contribution in [0.15, 0.2) is 0 Å². The van der Waals surface area contributed by atoms with E-state index in [-0.39, 0.29) is 0 Å². The molecule has 96 valence electrons. The normalized spacial score (nSPS) is 10.2. The molecule has 0 N–H and O–H groups in total. The highest BCUT2D eigenvalue weighted by molar-refractivity contribution is 6.53. The van der Waals surface area contributed by atoms with Gasteiger partial charge >= 0.3 is 18.3 Å². The monoisotopic (exact) mass is 268 g/mol. The summed E-state index contributed by atoms with van der Waals surface area (Å²) >= 11 is 0. The van der Waals surface area contributed by atoms with Crippen LogP contribution in [0.1, 0.15) is 27.7 Å². The van der Waals surface area contributed by atoms with Gasteiger partial charge in [-0.15, -0.1) is 0 Å². The standard InChI is InChI=1S/C8H20O4Si.O2Si/c1-5-9-13(10-6-2,11-7-3)12-8-4;1-3-2/h5-8H2,1-4H3;. The topological polar surface area (TPSA) is 71.1 Å². The van der Waals surface area contributed by atoms with Gasteiger partial charge < -0.3 is 17.7 Å². The first-order valence-corrected chi connectivity index (χ1v) is 7.66. The minimum absolute atomic E-state index is 0.548. The Kier molecular flexibility index (Phi) is 14.8. The molecule has 0 aliphatic rings. The molecule has 8 heteroatoms. The van der Waals surface area contributed by atoms with Gasteiger partial charge in [0, 0.05) is 26.4 Å². The van der Waals surface area contributed by atoms with E-state index in [9.17, 15) is 0 Å². The molecule has 0 saturated carbocycles. The molecule has 16 heavy (non-hydrogen) atoms. The van der Waals surface area contributed by atoms with Crippen molar-refractivity contribution in [3.05, 3.63) is 0 Å². The number of hydrogen-bond acceptors (Lipinski definition) is 6. The zero-order chi connectivity index (χ0) is 12.9. The van der Waals surface area contributed by atoms with E-state index in [1.807, 2.05) is 27.7 Å². The van der Waals surface area contributed by atoms with Gasteiger partial charge in [-0.1, -0.05) is 0 Å². The van der Waals surface area contributed by atoms with Crippen molar-refractivity contribution in [2.24, 2.45) is 0 Å². The molecule has 6 nitrogen and oxygen atoms in total. The zero-order valence-electron chi connectivity index (χ0n) is 10.3. The predicted molar refractivity (Wildman–Crippen MR) is 59.4 cm³/mol. The molecule has 0 spiro atoms. The molecule has 0 aromatic carbocycles. The Morgan fingerprint density at radius 3 is 1.06 bits per heavy atom. The van der Waals surface area contributed by atoms with Gasteiger partial charge in [0.15, 0.2) is 0 Å². The van der Waals surface area contributed by atoms with E-state index in [2.05, 4.69) is 0 Å². The molecule has 0 radical (unpaired) electrons. The minimum Gasteiger partial charge on any atom is -0.351 e. The molecule has 0 aliphatic heterocycles. The molecule has 0 heterocycles. The lowest BCUT2D eigenvalue weighted by atomic mass is 10.9. The summed E-state index contributed by atoms with van der Waals surface area (Å²) in [6.07, 6.45) is 0. The van der Waals surface area contributed by atoms with Crippen molar-refractivity contribution in [2.45, 2.75) is 27.7 Å². The van der Waals surface area contributed by atoms with Crippen molar-refractivity contribution in [1.82, 2.24) is 0 Å². The summed E-state index contributed by atoms with van der Waals surface area (Å²) in [6, 6.07) is 0. The van der Waals surface area contributed by atoms with Crippen molar-refractivity contribution in [2.75, 3.05) is 26.4 Å². The van der Waals surface area contributed by atoms with Crippen LogP contribution in [-0.4, -0.2) is 44.8 Å². The molecule has 0 atom stereocenters. The minimum atomic E-state index is -2.80. The molecule has 0 fully saturated rings. The Bertz CT molecular complexity index is 154. The van der Waals surface area contributed by atoms with Crippen LogP contribution in [0.25, 0.3) is 0 Å². The molecular weight excluding hydrogens is 248 g/mol. The summed E-state index contributed by atoms with van der Waals surface area (Å²) in [4.78, 5) is 0. The maximum Gasteiger partial charge on any atom is 0.679 e. The predicted octanol–water partition coefficient (Wildman–Crippen LogP) is 0.950. The Morgan fingerprint density at radius 1 is 0.750 bits per heavy atom. The van der Waals surface area contributed by atoms with Crippen LogP contribution in [0.2, 0.25) is 0 Å². The highest BCUT2D eigenvalue weighted by Crippen LogP contribution is 2.11. The Labute approximate surface area is 99.7 Å². The lowest BCUT2D eigenvalue weighted by Gasteiger charge is -2.26. The summed E-state index contributed by atoms with van der Waals surface area (Å²) in [5.41, 5.74) is 0. The van der Waals surface area contributed by atoms with Crippen LogP contribution in [0.5, 0.6) is 0 Å². The van der Waals surface area contributed by atoms with Crippen LogP contribution in [-0.2, 0) is 26.6 Å². The number of rotatable bonds is 8. The SMILES string of the molecule is CCO[Si](OCC)(OCC)OCC.O=[Si]=O. The van der Waals surface area contributed by atoms with Gasteiger partial charge in [-0.05, 0) is 27.7 Å². The molecule has 0 aliphatic carbocycles. The molecule has 0 unspecified atom stereocenters. The fourth-order valence-corrected chi connectivity index (χ4v) is 2.87. The first kappa shape index (κ1) is 18.2. The average Bonchev–Trinajstić information content (AvgIpc) is 2.20. The second kappa shape index (κ2) is 12.9. The van der Waals surface area contributed by atoms with Crippen LogP contribution in [0.3, 0.4) is 0 Å². The average molecular weight is 268 g/mol. The van der Waals surface area contributed by atoms with Gasteiger partial charge in [-0.3, -0.25) is 8.92 Å². The Balaban J connectivity index is 0. The second-order valence-corrected chi connectivity index (χ2v) is 4.64. The quantitative estimate of drug-likeness (QED) is 0.610. The smallest absolute Gasteiger partial charge is 0.351 e. The first-order valence-electron chi connectivity index (χ1n) is 5.21. The third kappa shape index (κ3) is 9.13. The summed E-state index contributed by atoms with van der Waals surface area (Å²) in [5, 5.41) is 0. The lowest BCUT2D eigenvalue weighted by molar-refractivity contribution is -0.0247. The van der Waals surface area contributed by atoms with Crippen molar-refractivity contribution in [3.8, 4) is 0 Å². The maximum absolute atomic E-state index is 8.40. The number of hydrogen-bond donors (Lipinski definition) is 0.